The summed E-state index contributed by atoms with van der Waals surface area (Å²) in [4.78, 5) is 0. The van der Waals surface area contributed by atoms with Crippen LogP contribution < -0.4 is 5.73 Å². The van der Waals surface area contributed by atoms with E-state index in [2.05, 4.69) is 40.0 Å². The van der Waals surface area contributed by atoms with Gasteiger partial charge in [-0.3, -0.25) is 0 Å². The zero-order chi connectivity index (χ0) is 8.27. The second-order valence-corrected chi connectivity index (χ2v) is 5.00. The molecule has 0 aromatic carbocycles. The van der Waals surface area contributed by atoms with Crippen LogP contribution in [0.3, 0.4) is 0 Å². The fourth-order valence-electron chi connectivity index (χ4n) is 0.763. The van der Waals surface area contributed by atoms with E-state index in [0.29, 0.717) is 6.42 Å². The Kier molecular flexibility index (Phi) is 3.37. The molecule has 0 spiro atoms. The van der Waals surface area contributed by atoms with E-state index >= 15 is 0 Å². The lowest BCUT2D eigenvalue weighted by molar-refractivity contribution is 0.758. The van der Waals surface area contributed by atoms with Gasteiger partial charge in [-0.25, -0.2) is 0 Å². The van der Waals surface area contributed by atoms with Gasteiger partial charge in [0.2, 0.25) is 0 Å². The maximum Gasteiger partial charge on any atom is 0.0656 e. The van der Waals surface area contributed by atoms with Crippen LogP contribution >= 0.6 is 33.9 Å². The maximum atomic E-state index is 5.78. The Labute approximate surface area is 84.1 Å². The van der Waals surface area contributed by atoms with Gasteiger partial charge in [-0.15, -0.1) is 23.7 Å². The van der Waals surface area contributed by atoms with Crippen LogP contribution in [0.15, 0.2) is 11.4 Å². The van der Waals surface area contributed by atoms with Crippen molar-refractivity contribution >= 4 is 33.9 Å². The van der Waals surface area contributed by atoms with Crippen molar-refractivity contribution in [1.82, 2.24) is 0 Å². The molecule has 0 bridgehead atoms. The van der Waals surface area contributed by atoms with Gasteiger partial charge >= 0.3 is 0 Å². The molecule has 0 aliphatic heterocycles. The van der Waals surface area contributed by atoms with E-state index in [1.807, 2.05) is 0 Å². The molecule has 3 heteroatoms. The van der Waals surface area contributed by atoms with Crippen molar-refractivity contribution in [2.24, 2.45) is 5.73 Å². The molecule has 11 heavy (non-hydrogen) atoms. The van der Waals surface area contributed by atoms with Crippen molar-refractivity contribution < 1.29 is 0 Å². The largest absolute Gasteiger partial charge is 0.323 e. The number of halogens is 1. The smallest absolute Gasteiger partial charge is 0.0656 e. The van der Waals surface area contributed by atoms with E-state index in [4.69, 9.17) is 12.2 Å². The van der Waals surface area contributed by atoms with Crippen molar-refractivity contribution in [1.29, 1.82) is 0 Å². The topological polar surface area (TPSA) is 26.0 Å². The van der Waals surface area contributed by atoms with Gasteiger partial charge in [-0.2, -0.15) is 0 Å². The summed E-state index contributed by atoms with van der Waals surface area (Å²) < 4.78 is 1.25. The van der Waals surface area contributed by atoms with Crippen molar-refractivity contribution in [3.8, 4) is 12.3 Å². The van der Waals surface area contributed by atoms with Gasteiger partial charge in [0.1, 0.15) is 0 Å². The Morgan fingerprint density at radius 3 is 3.00 bits per heavy atom. The second kappa shape index (κ2) is 4.10. The fraction of sp³-hybridized carbons (Fsp3) is 0.250. The average Bonchev–Trinajstić information content (AvgIpc) is 2.36. The van der Waals surface area contributed by atoms with Crippen molar-refractivity contribution in [2.75, 3.05) is 0 Å². The predicted octanol–water partition coefficient (Wildman–Crippen LogP) is 2.38. The van der Waals surface area contributed by atoms with Crippen LogP contribution in [-0.4, -0.2) is 0 Å². The molecular weight excluding hydrogens is 269 g/mol. The van der Waals surface area contributed by atoms with Crippen LogP contribution in [0.1, 0.15) is 18.0 Å². The summed E-state index contributed by atoms with van der Waals surface area (Å²) in [5, 5.41) is 2.06. The molecule has 0 aliphatic carbocycles. The van der Waals surface area contributed by atoms with Gasteiger partial charge in [-0.1, -0.05) is 0 Å². The van der Waals surface area contributed by atoms with E-state index in [0.717, 1.165) is 5.56 Å². The molecule has 0 fully saturated rings. The zero-order valence-electron chi connectivity index (χ0n) is 5.88. The molecular formula is C8H8INS. The Balaban J connectivity index is 2.70. The molecule has 0 saturated heterocycles. The van der Waals surface area contributed by atoms with E-state index < -0.39 is 0 Å². The third-order valence-electron chi connectivity index (χ3n) is 1.35. The molecule has 1 aromatic heterocycles. The fourth-order valence-corrected chi connectivity index (χ4v) is 2.20. The number of nitrogens with two attached hydrogens (primary N) is 1. The first kappa shape index (κ1) is 9.04. The first-order valence-corrected chi connectivity index (χ1v) is 5.13. The van der Waals surface area contributed by atoms with Crippen LogP contribution in [0.2, 0.25) is 0 Å². The molecule has 0 radical (unpaired) electrons. The van der Waals surface area contributed by atoms with Gasteiger partial charge in [0.05, 0.1) is 2.88 Å². The third kappa shape index (κ3) is 2.47. The minimum Gasteiger partial charge on any atom is -0.323 e. The Hall–Kier alpha value is -0.0500. The number of hydrogen-bond donors (Lipinski definition) is 1. The van der Waals surface area contributed by atoms with Crippen LogP contribution in [-0.2, 0) is 0 Å². The summed E-state index contributed by atoms with van der Waals surface area (Å²) in [6.45, 7) is 0. The van der Waals surface area contributed by atoms with Crippen LogP contribution in [0, 0.1) is 15.2 Å². The van der Waals surface area contributed by atoms with E-state index in [-0.39, 0.29) is 6.04 Å². The maximum absolute atomic E-state index is 5.78. The molecule has 1 unspecified atom stereocenters. The minimum absolute atomic E-state index is 0.0137. The first-order chi connectivity index (χ1) is 5.24. The molecule has 1 rings (SSSR count). The highest BCUT2D eigenvalue weighted by atomic mass is 127. The highest BCUT2D eigenvalue weighted by Gasteiger charge is 2.05. The highest BCUT2D eigenvalue weighted by Crippen LogP contribution is 2.22. The lowest BCUT2D eigenvalue weighted by Crippen LogP contribution is -2.07. The quantitative estimate of drug-likeness (QED) is 0.652. The Morgan fingerprint density at radius 1 is 1.82 bits per heavy atom. The molecule has 1 heterocycles. The molecule has 0 aliphatic rings. The lowest BCUT2D eigenvalue weighted by atomic mass is 10.1. The monoisotopic (exact) mass is 277 g/mol. The lowest BCUT2D eigenvalue weighted by Gasteiger charge is -2.02. The molecule has 0 saturated carbocycles. The molecule has 1 atom stereocenters. The minimum atomic E-state index is 0.0137. The molecule has 58 valence electrons. The summed E-state index contributed by atoms with van der Waals surface area (Å²) in [6.07, 6.45) is 5.76. The van der Waals surface area contributed by atoms with Gasteiger partial charge in [-0.05, 0) is 39.6 Å². The Morgan fingerprint density at radius 2 is 2.55 bits per heavy atom. The van der Waals surface area contributed by atoms with Crippen LogP contribution in [0.25, 0.3) is 0 Å². The molecule has 0 amide bonds. The summed E-state index contributed by atoms with van der Waals surface area (Å²) in [5.41, 5.74) is 6.93. The van der Waals surface area contributed by atoms with Gasteiger partial charge in [0.15, 0.2) is 0 Å². The molecule has 2 N–H and O–H groups in total. The molecule has 1 aromatic rings. The van der Waals surface area contributed by atoms with Gasteiger partial charge in [0.25, 0.3) is 0 Å². The standard InChI is InChI=1S/C8H8INS/c1-2-3-7(10)6-4-8(9)11-5-6/h1,4-5,7H,3,10H2. The summed E-state index contributed by atoms with van der Waals surface area (Å²) in [7, 11) is 0. The summed E-state index contributed by atoms with van der Waals surface area (Å²) in [6, 6.07) is 2.09. The second-order valence-electron chi connectivity index (χ2n) is 2.20. The first-order valence-electron chi connectivity index (χ1n) is 3.17. The Bertz CT molecular complexity index is 274. The predicted molar refractivity (Wildman–Crippen MR) is 57.4 cm³/mol. The summed E-state index contributed by atoms with van der Waals surface area (Å²) in [5.74, 6) is 2.55. The van der Waals surface area contributed by atoms with E-state index in [1.54, 1.807) is 11.3 Å². The summed E-state index contributed by atoms with van der Waals surface area (Å²) >= 11 is 3.97. The van der Waals surface area contributed by atoms with Crippen molar-refractivity contribution in [3.05, 3.63) is 19.9 Å². The number of hydrogen-bond acceptors (Lipinski definition) is 2. The number of thiophene rings is 1. The SMILES string of the molecule is C#CCC(N)c1csc(I)c1. The van der Waals surface area contributed by atoms with Gasteiger partial charge < -0.3 is 5.73 Å². The zero-order valence-corrected chi connectivity index (χ0v) is 8.85. The van der Waals surface area contributed by atoms with Crippen molar-refractivity contribution in [2.45, 2.75) is 12.5 Å². The number of terminal acetylenes is 1. The van der Waals surface area contributed by atoms with Crippen LogP contribution in [0.5, 0.6) is 0 Å². The van der Waals surface area contributed by atoms with Crippen LogP contribution in [0.4, 0.5) is 0 Å². The average molecular weight is 277 g/mol. The van der Waals surface area contributed by atoms with E-state index in [9.17, 15) is 0 Å². The highest BCUT2D eigenvalue weighted by molar-refractivity contribution is 14.1. The van der Waals surface area contributed by atoms with Gasteiger partial charge in [0, 0.05) is 12.5 Å². The number of rotatable bonds is 2. The normalized spacial score (nSPS) is 12.5. The molecule has 1 nitrogen and oxygen atoms in total. The third-order valence-corrected chi connectivity index (χ3v) is 3.16. The van der Waals surface area contributed by atoms with E-state index in [1.165, 1.54) is 2.88 Å². The van der Waals surface area contributed by atoms with Crippen molar-refractivity contribution in [3.63, 3.8) is 0 Å².